The zero-order chi connectivity index (χ0) is 26.0. The molecule has 0 aliphatic carbocycles. The highest BCUT2D eigenvalue weighted by Gasteiger charge is 2.40. The van der Waals surface area contributed by atoms with Gasteiger partial charge in [-0.2, -0.15) is 0 Å². The molecule has 1 saturated heterocycles. The number of ketones is 1. The third kappa shape index (κ3) is 6.34. The summed E-state index contributed by atoms with van der Waals surface area (Å²) in [7, 11) is 1.89. The van der Waals surface area contributed by atoms with Gasteiger partial charge in [-0.15, -0.1) is 0 Å². The van der Waals surface area contributed by atoms with Gasteiger partial charge >= 0.3 is 0 Å². The zero-order valence-corrected chi connectivity index (χ0v) is 24.6. The summed E-state index contributed by atoms with van der Waals surface area (Å²) in [5.74, 6) is 0.883. The van der Waals surface area contributed by atoms with Crippen LogP contribution in [0.15, 0.2) is 42.5 Å². The number of likely N-dealkylation sites (tertiary alicyclic amines) is 1. The van der Waals surface area contributed by atoms with Crippen molar-refractivity contribution in [2.24, 2.45) is 11.3 Å². The molecule has 0 aromatic heterocycles. The summed E-state index contributed by atoms with van der Waals surface area (Å²) in [6.45, 7) is 15.8. The van der Waals surface area contributed by atoms with Gasteiger partial charge in [-0.25, -0.2) is 0 Å². The molecule has 0 radical (unpaired) electrons. The second-order valence-corrected chi connectivity index (χ2v) is 12.7. The van der Waals surface area contributed by atoms with Gasteiger partial charge in [0.05, 0.1) is 0 Å². The van der Waals surface area contributed by atoms with Crippen LogP contribution in [0.5, 0.6) is 0 Å². The molecule has 0 N–H and O–H groups in total. The van der Waals surface area contributed by atoms with E-state index in [-0.39, 0.29) is 17.1 Å². The minimum absolute atomic E-state index is 0.00983. The Balaban J connectivity index is 1.73. The molecule has 0 saturated carbocycles. The van der Waals surface area contributed by atoms with Gasteiger partial charge in [-0.3, -0.25) is 9.59 Å². The Kier molecular flexibility index (Phi) is 8.85. The predicted molar refractivity (Wildman–Crippen MR) is 154 cm³/mol. The highest BCUT2D eigenvalue weighted by atomic mass is 127. The summed E-state index contributed by atoms with van der Waals surface area (Å²) in [5, 5.41) is 0. The highest BCUT2D eigenvalue weighted by molar-refractivity contribution is 14.1. The Labute approximate surface area is 225 Å². The first kappa shape index (κ1) is 27.9. The Morgan fingerprint density at radius 3 is 2.43 bits per heavy atom. The minimum atomic E-state index is -0.425. The number of anilines is 1. The van der Waals surface area contributed by atoms with E-state index in [2.05, 4.69) is 66.5 Å². The fourth-order valence-corrected chi connectivity index (χ4v) is 5.76. The van der Waals surface area contributed by atoms with E-state index in [1.54, 1.807) is 0 Å². The average Bonchev–Trinajstić information content (AvgIpc) is 2.80. The van der Waals surface area contributed by atoms with Crippen molar-refractivity contribution in [2.45, 2.75) is 66.2 Å². The van der Waals surface area contributed by atoms with Gasteiger partial charge in [0.15, 0.2) is 5.78 Å². The summed E-state index contributed by atoms with van der Waals surface area (Å²) >= 11 is 2.26. The van der Waals surface area contributed by atoms with Crippen LogP contribution in [0, 0.1) is 21.8 Å². The van der Waals surface area contributed by atoms with E-state index in [1.807, 2.05) is 57.0 Å². The molecular formula is C30H41IN2O2. The van der Waals surface area contributed by atoms with Crippen molar-refractivity contribution in [1.82, 2.24) is 4.90 Å². The SMILES string of the molecule is Cc1c(N(C)C(=O)C(C)(C)C)cccc1C1(C)CN(CCCC(=O)c2ccc(I)cc2)CCC1C. The van der Waals surface area contributed by atoms with Crippen LogP contribution in [0.2, 0.25) is 0 Å². The molecule has 1 heterocycles. The number of rotatable bonds is 7. The lowest BCUT2D eigenvalue weighted by atomic mass is 9.67. The van der Waals surface area contributed by atoms with Crippen LogP contribution in [0.25, 0.3) is 0 Å². The van der Waals surface area contributed by atoms with Gasteiger partial charge in [0.2, 0.25) is 5.91 Å². The van der Waals surface area contributed by atoms with Crippen LogP contribution in [0.3, 0.4) is 0 Å². The monoisotopic (exact) mass is 588 g/mol. The standard InChI is InChI=1S/C30H41IN2O2/c1-21-17-19-33(18-9-12-27(34)23-13-15-24(31)16-14-23)20-30(21,6)25-10-8-11-26(22(25)2)32(7)28(35)29(3,4)5/h8,10-11,13-16,21H,9,12,17-20H2,1-7H3. The number of halogens is 1. The normalized spacial score (nSPS) is 21.1. The molecule has 1 fully saturated rings. The number of amides is 1. The highest BCUT2D eigenvalue weighted by Crippen LogP contribution is 2.42. The Bertz CT molecular complexity index is 1060. The van der Waals surface area contributed by atoms with Gasteiger partial charge < -0.3 is 9.80 Å². The fraction of sp³-hybridized carbons (Fsp3) is 0.533. The molecule has 1 aliphatic heterocycles. The molecule has 2 atom stereocenters. The third-order valence-electron chi connectivity index (χ3n) is 7.79. The molecule has 2 aromatic rings. The number of piperidine rings is 1. The molecule has 1 amide bonds. The van der Waals surface area contributed by atoms with Crippen molar-refractivity contribution in [3.05, 3.63) is 62.7 Å². The average molecular weight is 589 g/mol. The van der Waals surface area contributed by atoms with E-state index in [0.29, 0.717) is 12.3 Å². The molecule has 4 nitrogen and oxygen atoms in total. The van der Waals surface area contributed by atoms with E-state index in [0.717, 1.165) is 47.3 Å². The molecule has 0 spiro atoms. The Morgan fingerprint density at radius 1 is 1.14 bits per heavy atom. The van der Waals surface area contributed by atoms with Crippen molar-refractivity contribution in [3.63, 3.8) is 0 Å². The lowest BCUT2D eigenvalue weighted by Gasteiger charge is -2.46. The lowest BCUT2D eigenvalue weighted by molar-refractivity contribution is -0.125. The molecule has 1 aliphatic rings. The van der Waals surface area contributed by atoms with Crippen LogP contribution in [0.4, 0.5) is 5.69 Å². The molecule has 2 aromatic carbocycles. The first-order valence-corrected chi connectivity index (χ1v) is 13.8. The van der Waals surface area contributed by atoms with Crippen molar-refractivity contribution >= 4 is 40.0 Å². The molecule has 0 bridgehead atoms. The molecule has 190 valence electrons. The quantitative estimate of drug-likeness (QED) is 0.262. The maximum absolute atomic E-state index is 13.0. The minimum Gasteiger partial charge on any atom is -0.315 e. The van der Waals surface area contributed by atoms with E-state index in [9.17, 15) is 9.59 Å². The second-order valence-electron chi connectivity index (χ2n) is 11.5. The molecular weight excluding hydrogens is 547 g/mol. The van der Waals surface area contributed by atoms with Gasteiger partial charge in [-0.05, 0) is 90.7 Å². The van der Waals surface area contributed by atoms with Crippen molar-refractivity contribution in [2.75, 3.05) is 31.6 Å². The summed E-state index contributed by atoms with van der Waals surface area (Å²) in [6, 6.07) is 14.3. The van der Waals surface area contributed by atoms with Gasteiger partial charge in [0.1, 0.15) is 0 Å². The summed E-state index contributed by atoms with van der Waals surface area (Å²) in [6.07, 6.45) is 2.58. The maximum Gasteiger partial charge on any atom is 0.232 e. The summed E-state index contributed by atoms with van der Waals surface area (Å²) in [4.78, 5) is 29.9. The number of hydrogen-bond acceptors (Lipinski definition) is 3. The number of carbonyl (C=O) groups excluding carboxylic acids is 2. The van der Waals surface area contributed by atoms with Crippen LogP contribution < -0.4 is 4.90 Å². The first-order valence-electron chi connectivity index (χ1n) is 12.7. The van der Waals surface area contributed by atoms with Crippen LogP contribution in [-0.4, -0.2) is 43.3 Å². The van der Waals surface area contributed by atoms with Gasteiger partial charge in [0.25, 0.3) is 0 Å². The van der Waals surface area contributed by atoms with E-state index < -0.39 is 5.41 Å². The van der Waals surface area contributed by atoms with E-state index in [1.165, 1.54) is 11.1 Å². The molecule has 35 heavy (non-hydrogen) atoms. The van der Waals surface area contributed by atoms with Crippen LogP contribution in [0.1, 0.15) is 75.4 Å². The Hall–Kier alpha value is -1.73. The Morgan fingerprint density at radius 2 is 1.80 bits per heavy atom. The molecule has 3 rings (SSSR count). The topological polar surface area (TPSA) is 40.6 Å². The van der Waals surface area contributed by atoms with Crippen molar-refractivity contribution in [1.29, 1.82) is 0 Å². The maximum atomic E-state index is 13.0. The number of Topliss-reactive ketones (excluding diaryl/α,β-unsaturated/α-hetero) is 1. The smallest absolute Gasteiger partial charge is 0.232 e. The van der Waals surface area contributed by atoms with Crippen LogP contribution in [-0.2, 0) is 10.2 Å². The van der Waals surface area contributed by atoms with Gasteiger partial charge in [-0.1, -0.05) is 58.9 Å². The number of nitrogens with zero attached hydrogens (tertiary/aromatic N) is 2. The summed E-state index contributed by atoms with van der Waals surface area (Å²) < 4.78 is 1.15. The summed E-state index contributed by atoms with van der Waals surface area (Å²) in [5.41, 5.74) is 3.89. The first-order chi connectivity index (χ1) is 16.3. The fourth-order valence-electron chi connectivity index (χ4n) is 5.40. The second kappa shape index (κ2) is 11.1. The molecule has 2 unspecified atom stereocenters. The lowest BCUT2D eigenvalue weighted by Crippen LogP contribution is -2.50. The third-order valence-corrected chi connectivity index (χ3v) is 8.51. The zero-order valence-electron chi connectivity index (χ0n) is 22.5. The van der Waals surface area contributed by atoms with E-state index >= 15 is 0 Å². The number of hydrogen-bond donors (Lipinski definition) is 0. The predicted octanol–water partition coefficient (Wildman–Crippen LogP) is 6.87. The largest absolute Gasteiger partial charge is 0.315 e. The number of benzene rings is 2. The van der Waals surface area contributed by atoms with Crippen LogP contribution >= 0.6 is 22.6 Å². The van der Waals surface area contributed by atoms with E-state index in [4.69, 9.17) is 0 Å². The van der Waals surface area contributed by atoms with Crippen molar-refractivity contribution < 1.29 is 9.59 Å². The van der Waals surface area contributed by atoms with Gasteiger partial charge in [0, 0.05) is 45.7 Å². The molecule has 5 heteroatoms. The van der Waals surface area contributed by atoms with Crippen molar-refractivity contribution in [3.8, 4) is 0 Å². The number of carbonyl (C=O) groups is 2.